The van der Waals surface area contributed by atoms with Crippen molar-refractivity contribution in [3.8, 4) is 0 Å². The van der Waals surface area contributed by atoms with E-state index in [1.54, 1.807) is 4.88 Å². The van der Waals surface area contributed by atoms with E-state index >= 15 is 0 Å². The average Bonchev–Trinajstić information content (AvgIpc) is 3.05. The molecular weight excluding hydrogens is 284 g/mol. The second-order valence-electron chi connectivity index (χ2n) is 4.70. The van der Waals surface area contributed by atoms with Gasteiger partial charge in [-0.25, -0.2) is 0 Å². The molecule has 0 unspecified atom stereocenters. The van der Waals surface area contributed by atoms with Gasteiger partial charge in [0.05, 0.1) is 0 Å². The van der Waals surface area contributed by atoms with Gasteiger partial charge in [0.15, 0.2) is 0 Å². The third kappa shape index (κ3) is 2.21. The Hall–Kier alpha value is 0.1000. The third-order valence-electron chi connectivity index (χ3n) is 3.53. The molecule has 4 heteroatoms. The SMILES string of the molecule is Brc1ccsc1[C@@H](C1CC1)N1CCNCC1. The Balaban J connectivity index is 1.83. The second-order valence-corrected chi connectivity index (χ2v) is 6.50. The summed E-state index contributed by atoms with van der Waals surface area (Å²) in [7, 11) is 0. The number of nitrogens with zero attached hydrogens (tertiary/aromatic N) is 1. The fourth-order valence-corrected chi connectivity index (χ4v) is 4.40. The van der Waals surface area contributed by atoms with Crippen LogP contribution in [0.4, 0.5) is 0 Å². The molecule has 1 aliphatic carbocycles. The van der Waals surface area contributed by atoms with Crippen LogP contribution < -0.4 is 5.32 Å². The van der Waals surface area contributed by atoms with Gasteiger partial charge in [0.2, 0.25) is 0 Å². The standard InChI is InChI=1S/C12H17BrN2S/c13-10-3-8-16-12(10)11(9-1-2-9)15-6-4-14-5-7-15/h3,8-9,11,14H,1-2,4-7H2/t11-/m1/s1. The maximum absolute atomic E-state index is 3.70. The highest BCUT2D eigenvalue weighted by Crippen LogP contribution is 2.48. The molecule has 0 radical (unpaired) electrons. The molecule has 1 atom stereocenters. The minimum absolute atomic E-state index is 0.677. The Morgan fingerprint density at radius 3 is 2.69 bits per heavy atom. The predicted octanol–water partition coefficient (Wildman–Crippen LogP) is 2.87. The number of hydrogen-bond acceptors (Lipinski definition) is 3. The van der Waals surface area contributed by atoms with Gasteiger partial charge in [0, 0.05) is 41.6 Å². The lowest BCUT2D eigenvalue weighted by molar-refractivity contribution is 0.158. The van der Waals surface area contributed by atoms with Crippen LogP contribution in [-0.4, -0.2) is 31.1 Å². The van der Waals surface area contributed by atoms with E-state index < -0.39 is 0 Å². The molecule has 2 heterocycles. The van der Waals surface area contributed by atoms with E-state index in [-0.39, 0.29) is 0 Å². The highest BCUT2D eigenvalue weighted by atomic mass is 79.9. The molecule has 16 heavy (non-hydrogen) atoms. The minimum atomic E-state index is 0.677. The number of halogens is 1. The van der Waals surface area contributed by atoms with Gasteiger partial charge < -0.3 is 5.32 Å². The molecule has 1 aromatic heterocycles. The van der Waals surface area contributed by atoms with Crippen LogP contribution in [-0.2, 0) is 0 Å². The van der Waals surface area contributed by atoms with Crippen molar-refractivity contribution in [3.05, 3.63) is 20.8 Å². The second kappa shape index (κ2) is 4.77. The summed E-state index contributed by atoms with van der Waals surface area (Å²) in [5.41, 5.74) is 0. The van der Waals surface area contributed by atoms with Gasteiger partial charge in [0.1, 0.15) is 0 Å². The fourth-order valence-electron chi connectivity index (χ4n) is 2.57. The summed E-state index contributed by atoms with van der Waals surface area (Å²) < 4.78 is 1.31. The van der Waals surface area contributed by atoms with Gasteiger partial charge in [-0.15, -0.1) is 11.3 Å². The lowest BCUT2D eigenvalue weighted by Crippen LogP contribution is -2.45. The first-order chi connectivity index (χ1) is 7.86. The van der Waals surface area contributed by atoms with Crippen LogP contribution >= 0.6 is 27.3 Å². The zero-order valence-electron chi connectivity index (χ0n) is 9.29. The van der Waals surface area contributed by atoms with Gasteiger partial charge in [-0.1, -0.05) is 0 Å². The molecule has 0 aromatic carbocycles. The largest absolute Gasteiger partial charge is 0.314 e. The highest BCUT2D eigenvalue weighted by molar-refractivity contribution is 9.10. The quantitative estimate of drug-likeness (QED) is 0.923. The summed E-state index contributed by atoms with van der Waals surface area (Å²) in [5.74, 6) is 0.910. The maximum Gasteiger partial charge on any atom is 0.0482 e. The van der Waals surface area contributed by atoms with Gasteiger partial charge >= 0.3 is 0 Å². The van der Waals surface area contributed by atoms with E-state index in [1.807, 2.05) is 11.3 Å². The van der Waals surface area contributed by atoms with Gasteiger partial charge in [-0.3, -0.25) is 4.90 Å². The third-order valence-corrected chi connectivity index (χ3v) is 5.47. The van der Waals surface area contributed by atoms with Crippen molar-refractivity contribution in [2.45, 2.75) is 18.9 Å². The molecule has 0 bridgehead atoms. The van der Waals surface area contributed by atoms with Crippen molar-refractivity contribution in [1.29, 1.82) is 0 Å². The van der Waals surface area contributed by atoms with Gasteiger partial charge in [0.25, 0.3) is 0 Å². The number of piperazine rings is 1. The zero-order chi connectivity index (χ0) is 11.0. The molecule has 1 saturated carbocycles. The smallest absolute Gasteiger partial charge is 0.0482 e. The Labute approximate surface area is 109 Å². The molecular formula is C12H17BrN2S. The number of thiophene rings is 1. The first-order valence-electron chi connectivity index (χ1n) is 6.04. The summed E-state index contributed by atoms with van der Waals surface area (Å²) in [5, 5.41) is 5.64. The Morgan fingerprint density at radius 1 is 1.38 bits per heavy atom. The molecule has 0 spiro atoms. The van der Waals surface area contributed by atoms with Crippen molar-refractivity contribution in [2.24, 2.45) is 5.92 Å². The molecule has 1 saturated heterocycles. The molecule has 2 aliphatic rings. The molecule has 0 amide bonds. The van der Waals surface area contributed by atoms with Crippen LogP contribution in [0.5, 0.6) is 0 Å². The van der Waals surface area contributed by atoms with Crippen molar-refractivity contribution >= 4 is 27.3 Å². The van der Waals surface area contributed by atoms with E-state index in [1.165, 1.54) is 30.4 Å². The normalized spacial score (nSPS) is 24.6. The molecule has 2 fully saturated rings. The number of nitrogens with one attached hydrogen (secondary N) is 1. The van der Waals surface area contributed by atoms with Crippen LogP contribution in [0.2, 0.25) is 0 Å². The predicted molar refractivity (Wildman–Crippen MR) is 71.9 cm³/mol. The van der Waals surface area contributed by atoms with Crippen LogP contribution in [0.25, 0.3) is 0 Å². The maximum atomic E-state index is 3.70. The Morgan fingerprint density at radius 2 is 2.12 bits per heavy atom. The topological polar surface area (TPSA) is 15.3 Å². The lowest BCUT2D eigenvalue weighted by Gasteiger charge is -2.35. The van der Waals surface area contributed by atoms with E-state index in [0.29, 0.717) is 6.04 Å². The molecule has 2 nitrogen and oxygen atoms in total. The average molecular weight is 301 g/mol. The van der Waals surface area contributed by atoms with Crippen molar-refractivity contribution in [3.63, 3.8) is 0 Å². The fraction of sp³-hybridized carbons (Fsp3) is 0.667. The first kappa shape index (κ1) is 11.2. The monoisotopic (exact) mass is 300 g/mol. The van der Waals surface area contributed by atoms with Crippen LogP contribution in [0.1, 0.15) is 23.8 Å². The first-order valence-corrected chi connectivity index (χ1v) is 7.71. The summed E-state index contributed by atoms with van der Waals surface area (Å²) in [6.07, 6.45) is 2.83. The molecule has 3 rings (SSSR count). The van der Waals surface area contributed by atoms with Crippen LogP contribution in [0.3, 0.4) is 0 Å². The summed E-state index contributed by atoms with van der Waals surface area (Å²) in [6.45, 7) is 4.69. The van der Waals surface area contributed by atoms with Gasteiger partial charge in [-0.2, -0.15) is 0 Å². The van der Waals surface area contributed by atoms with Crippen molar-refractivity contribution in [1.82, 2.24) is 10.2 Å². The molecule has 1 aliphatic heterocycles. The van der Waals surface area contributed by atoms with E-state index in [4.69, 9.17) is 0 Å². The van der Waals surface area contributed by atoms with Crippen LogP contribution in [0.15, 0.2) is 15.9 Å². The number of hydrogen-bond donors (Lipinski definition) is 1. The highest BCUT2D eigenvalue weighted by Gasteiger charge is 2.38. The van der Waals surface area contributed by atoms with Crippen LogP contribution in [0, 0.1) is 5.92 Å². The molecule has 1 N–H and O–H groups in total. The van der Waals surface area contributed by atoms with E-state index in [2.05, 4.69) is 37.6 Å². The van der Waals surface area contributed by atoms with Gasteiger partial charge in [-0.05, 0) is 46.1 Å². The van der Waals surface area contributed by atoms with Crippen molar-refractivity contribution < 1.29 is 0 Å². The Kier molecular flexibility index (Phi) is 3.34. The van der Waals surface area contributed by atoms with E-state index in [0.717, 1.165) is 19.0 Å². The summed E-state index contributed by atoms with van der Waals surface area (Å²) in [4.78, 5) is 4.22. The Bertz CT molecular complexity index is 356. The van der Waals surface area contributed by atoms with Crippen molar-refractivity contribution in [2.75, 3.05) is 26.2 Å². The molecule has 1 aromatic rings. The summed E-state index contributed by atoms with van der Waals surface area (Å²) in [6, 6.07) is 2.87. The van der Waals surface area contributed by atoms with E-state index in [9.17, 15) is 0 Å². The zero-order valence-corrected chi connectivity index (χ0v) is 11.7. The lowest BCUT2D eigenvalue weighted by atomic mass is 10.1. The number of rotatable bonds is 3. The molecule has 88 valence electrons. The summed E-state index contributed by atoms with van der Waals surface area (Å²) >= 11 is 5.61. The minimum Gasteiger partial charge on any atom is -0.314 e.